The number of carbonyl (C=O) groups is 2. The summed E-state index contributed by atoms with van der Waals surface area (Å²) < 4.78 is 38.4. The largest absolute Gasteiger partial charge is 0.480 e. The van der Waals surface area contributed by atoms with Crippen LogP contribution in [0, 0.1) is 11.6 Å². The summed E-state index contributed by atoms with van der Waals surface area (Å²) in [4.78, 5) is 23.8. The fraction of sp³-hybridized carbons (Fsp3) is 0.176. The number of nitrogens with one attached hydrogen (secondary N) is 1. The summed E-state index contributed by atoms with van der Waals surface area (Å²) in [7, 11) is -1.42. The van der Waals surface area contributed by atoms with E-state index in [9.17, 15) is 27.7 Å². The summed E-state index contributed by atoms with van der Waals surface area (Å²) in [5.41, 5.74) is -0.326. The zero-order valence-corrected chi connectivity index (χ0v) is 13.8. The molecule has 8 heteroatoms. The normalized spacial score (nSPS) is 13.0. The minimum absolute atomic E-state index is 0.0127. The average Bonchev–Trinajstić information content (AvgIpc) is 2.57. The fourth-order valence-corrected chi connectivity index (χ4v) is 3.25. The Labute approximate surface area is 145 Å². The van der Waals surface area contributed by atoms with Crippen LogP contribution in [-0.2, 0) is 15.6 Å². The molecule has 0 aliphatic rings. The Kier molecular flexibility index (Phi) is 6.35. The van der Waals surface area contributed by atoms with Gasteiger partial charge in [-0.1, -0.05) is 18.2 Å². The van der Waals surface area contributed by atoms with Gasteiger partial charge < -0.3 is 10.4 Å². The average molecular weight is 367 g/mol. The lowest BCUT2D eigenvalue weighted by molar-refractivity contribution is -0.139. The maximum absolute atomic E-state index is 13.1. The lowest BCUT2D eigenvalue weighted by Gasteiger charge is -2.14. The zero-order chi connectivity index (χ0) is 18.4. The van der Waals surface area contributed by atoms with Gasteiger partial charge in [0.05, 0.1) is 10.8 Å². The van der Waals surface area contributed by atoms with E-state index < -0.39 is 40.4 Å². The standard InChI is InChI=1S/C17H15F2NO4S/c18-12-8-11(9-13(19)10-12)16(21)20-15(17(22)23)6-7-25(24)14-4-2-1-3-5-14/h1-5,8-10,15H,6-7H2,(H,20,21)(H,22,23)/t15-,25+/m0/s1. The molecule has 0 aromatic heterocycles. The maximum Gasteiger partial charge on any atom is 0.326 e. The van der Waals surface area contributed by atoms with Gasteiger partial charge in [-0.05, 0) is 30.7 Å². The third-order valence-electron chi connectivity index (χ3n) is 3.33. The zero-order valence-electron chi connectivity index (χ0n) is 12.9. The minimum atomic E-state index is -1.42. The van der Waals surface area contributed by atoms with Gasteiger partial charge in [0.2, 0.25) is 0 Å². The Morgan fingerprint density at radius 1 is 1.08 bits per heavy atom. The number of carboxylic acid groups (broad SMARTS) is 1. The van der Waals surface area contributed by atoms with E-state index in [0.29, 0.717) is 11.0 Å². The minimum Gasteiger partial charge on any atom is -0.480 e. The van der Waals surface area contributed by atoms with Crippen LogP contribution < -0.4 is 5.32 Å². The van der Waals surface area contributed by atoms with E-state index in [1.54, 1.807) is 30.3 Å². The van der Waals surface area contributed by atoms with E-state index in [1.807, 2.05) is 0 Å². The second-order valence-corrected chi connectivity index (χ2v) is 6.74. The van der Waals surface area contributed by atoms with E-state index in [2.05, 4.69) is 5.32 Å². The molecule has 0 bridgehead atoms. The van der Waals surface area contributed by atoms with Gasteiger partial charge in [-0.3, -0.25) is 9.00 Å². The van der Waals surface area contributed by atoms with Crippen molar-refractivity contribution in [3.05, 3.63) is 65.7 Å². The first-order valence-corrected chi connectivity index (χ1v) is 8.62. The Morgan fingerprint density at radius 3 is 2.24 bits per heavy atom. The molecular weight excluding hydrogens is 352 g/mol. The summed E-state index contributed by atoms with van der Waals surface area (Å²) in [5.74, 6) is -4.12. The summed E-state index contributed by atoms with van der Waals surface area (Å²) in [6.07, 6.45) is -0.0968. The number of aliphatic carboxylic acids is 1. The first-order valence-electron chi connectivity index (χ1n) is 7.30. The smallest absolute Gasteiger partial charge is 0.326 e. The van der Waals surface area contributed by atoms with Crippen molar-refractivity contribution in [3.63, 3.8) is 0 Å². The molecule has 0 heterocycles. The Balaban J connectivity index is 2.02. The quantitative estimate of drug-likeness (QED) is 0.787. The van der Waals surface area contributed by atoms with Crippen LogP contribution in [-0.4, -0.2) is 33.0 Å². The molecule has 0 aliphatic carbocycles. The van der Waals surface area contributed by atoms with Gasteiger partial charge >= 0.3 is 5.97 Å². The molecule has 2 rings (SSSR count). The van der Waals surface area contributed by atoms with E-state index >= 15 is 0 Å². The molecule has 2 atom stereocenters. The van der Waals surface area contributed by atoms with Crippen molar-refractivity contribution >= 4 is 22.7 Å². The second-order valence-electron chi connectivity index (χ2n) is 5.17. The fourth-order valence-electron chi connectivity index (χ4n) is 2.10. The third kappa shape index (κ3) is 5.46. The first-order chi connectivity index (χ1) is 11.9. The number of amides is 1. The number of carbonyl (C=O) groups excluding carboxylic acids is 1. The van der Waals surface area contributed by atoms with E-state index in [1.165, 1.54) is 0 Å². The highest BCUT2D eigenvalue weighted by Gasteiger charge is 2.22. The molecule has 0 saturated carbocycles. The molecule has 1 amide bonds. The van der Waals surface area contributed by atoms with Crippen LogP contribution in [0.15, 0.2) is 53.4 Å². The molecule has 0 spiro atoms. The first kappa shape index (κ1) is 18.7. The van der Waals surface area contributed by atoms with Crippen LogP contribution >= 0.6 is 0 Å². The highest BCUT2D eigenvalue weighted by molar-refractivity contribution is 7.85. The molecule has 2 aromatic carbocycles. The summed E-state index contributed by atoms with van der Waals surface area (Å²) in [6, 6.07) is 9.38. The molecule has 0 unspecified atom stereocenters. The van der Waals surface area contributed by atoms with Gasteiger partial charge in [-0.15, -0.1) is 0 Å². The number of rotatable bonds is 7. The SMILES string of the molecule is O=C(N[C@@H](CC[S@@](=O)c1ccccc1)C(=O)O)c1cc(F)cc(F)c1. The molecule has 5 nitrogen and oxygen atoms in total. The Morgan fingerprint density at radius 2 is 1.68 bits per heavy atom. The van der Waals surface area contributed by atoms with Crippen molar-refractivity contribution < 1.29 is 27.7 Å². The van der Waals surface area contributed by atoms with Crippen molar-refractivity contribution in [3.8, 4) is 0 Å². The van der Waals surface area contributed by atoms with Crippen LogP contribution in [0.5, 0.6) is 0 Å². The van der Waals surface area contributed by atoms with Crippen molar-refractivity contribution in [2.24, 2.45) is 0 Å². The van der Waals surface area contributed by atoms with Gasteiger partial charge in [0.25, 0.3) is 5.91 Å². The van der Waals surface area contributed by atoms with Crippen LogP contribution in [0.2, 0.25) is 0 Å². The molecule has 132 valence electrons. The predicted molar refractivity (Wildman–Crippen MR) is 87.6 cm³/mol. The number of halogens is 2. The maximum atomic E-state index is 13.1. The molecular formula is C17H15F2NO4S. The summed E-state index contributed by atoms with van der Waals surface area (Å²) in [6.45, 7) is 0. The van der Waals surface area contributed by atoms with Crippen molar-refractivity contribution in [1.82, 2.24) is 5.32 Å². The van der Waals surface area contributed by atoms with Crippen LogP contribution in [0.4, 0.5) is 8.78 Å². The van der Waals surface area contributed by atoms with E-state index in [4.69, 9.17) is 0 Å². The lowest BCUT2D eigenvalue weighted by atomic mass is 10.1. The molecule has 0 fully saturated rings. The summed E-state index contributed by atoms with van der Waals surface area (Å²) >= 11 is 0. The van der Waals surface area contributed by atoms with Crippen LogP contribution in [0.1, 0.15) is 16.8 Å². The summed E-state index contributed by atoms with van der Waals surface area (Å²) in [5, 5.41) is 11.4. The highest BCUT2D eigenvalue weighted by Crippen LogP contribution is 2.10. The van der Waals surface area contributed by atoms with Crippen LogP contribution in [0.25, 0.3) is 0 Å². The van der Waals surface area contributed by atoms with Crippen molar-refractivity contribution in [1.29, 1.82) is 0 Å². The highest BCUT2D eigenvalue weighted by atomic mass is 32.2. The van der Waals surface area contributed by atoms with E-state index in [-0.39, 0.29) is 17.7 Å². The number of hydrogen-bond acceptors (Lipinski definition) is 3. The molecule has 0 saturated heterocycles. The lowest BCUT2D eigenvalue weighted by Crippen LogP contribution is -2.41. The molecule has 2 aromatic rings. The van der Waals surface area contributed by atoms with Gasteiger partial charge in [-0.25, -0.2) is 13.6 Å². The molecule has 0 radical (unpaired) electrons. The topological polar surface area (TPSA) is 83.5 Å². The van der Waals surface area contributed by atoms with Crippen LogP contribution in [0.3, 0.4) is 0 Å². The Hall–Kier alpha value is -2.61. The van der Waals surface area contributed by atoms with Gasteiger partial charge in [0.1, 0.15) is 17.7 Å². The number of hydrogen-bond donors (Lipinski definition) is 2. The van der Waals surface area contributed by atoms with Gasteiger partial charge in [-0.2, -0.15) is 0 Å². The van der Waals surface area contributed by atoms with Crippen molar-refractivity contribution in [2.45, 2.75) is 17.4 Å². The third-order valence-corrected chi connectivity index (χ3v) is 4.73. The van der Waals surface area contributed by atoms with E-state index in [0.717, 1.165) is 12.1 Å². The van der Waals surface area contributed by atoms with Crippen molar-refractivity contribution in [2.75, 3.05) is 5.75 Å². The van der Waals surface area contributed by atoms with Gasteiger partial charge in [0, 0.05) is 22.3 Å². The molecule has 0 aliphatic heterocycles. The monoisotopic (exact) mass is 367 g/mol. The second kappa shape index (κ2) is 8.48. The van der Waals surface area contributed by atoms with Gasteiger partial charge in [0.15, 0.2) is 0 Å². The predicted octanol–water partition coefficient (Wildman–Crippen LogP) is 2.35. The number of benzene rings is 2. The number of carboxylic acids is 1. The Bertz CT molecular complexity index is 778. The molecule has 25 heavy (non-hydrogen) atoms. The molecule has 2 N–H and O–H groups in total.